The van der Waals surface area contributed by atoms with Crippen LogP contribution in [0.3, 0.4) is 0 Å². The average molecular weight is 453 g/mol. The molecule has 0 amide bonds. The number of fused-ring (bicyclic) bond motifs is 1. The molecule has 10 heteroatoms. The molecule has 3 aromatic rings. The van der Waals surface area contributed by atoms with E-state index in [1.165, 1.54) is 26.2 Å². The molecule has 4 rings (SSSR count). The van der Waals surface area contributed by atoms with Gasteiger partial charge in [-0.3, -0.25) is 23.6 Å². The first-order chi connectivity index (χ1) is 14.5. The van der Waals surface area contributed by atoms with Gasteiger partial charge in [0.25, 0.3) is 5.56 Å². The van der Waals surface area contributed by atoms with E-state index < -0.39 is 11.7 Å². The number of piperazine rings is 1. The van der Waals surface area contributed by atoms with Gasteiger partial charge < -0.3 is 11.4 Å². The molecule has 0 bridgehead atoms. The van der Waals surface area contributed by atoms with Gasteiger partial charge in [-0.05, 0) is 12.1 Å². The number of carboxylic acids is 1. The molecule has 3 heterocycles. The summed E-state index contributed by atoms with van der Waals surface area (Å²) >= 11 is 1.34. The Balaban J connectivity index is 0.00000181. The molecule has 31 heavy (non-hydrogen) atoms. The van der Waals surface area contributed by atoms with Crippen molar-refractivity contribution in [2.24, 2.45) is 0 Å². The Morgan fingerprint density at radius 2 is 1.68 bits per heavy atom. The summed E-state index contributed by atoms with van der Waals surface area (Å²) in [6, 6.07) is 10.3. The molecular weight excluding hydrogens is 427 g/mol. The molecule has 160 valence electrons. The van der Waals surface area contributed by atoms with Crippen LogP contribution in [0, 0.1) is 0 Å². The van der Waals surface area contributed by atoms with Crippen LogP contribution in [0.15, 0.2) is 50.7 Å². The quantitative estimate of drug-likeness (QED) is 0.446. The molecule has 0 saturated carbocycles. The number of carboxylic acid groups (broad SMARTS) is 1. The number of aromatic nitrogens is 2. The second kappa shape index (κ2) is 10.6. The zero-order valence-corrected chi connectivity index (χ0v) is 20.4. The van der Waals surface area contributed by atoms with E-state index >= 15 is 0 Å². The van der Waals surface area contributed by atoms with E-state index in [1.807, 2.05) is 18.2 Å². The number of hydrogen-bond acceptors (Lipinski definition) is 6. The number of thiophene rings is 1. The molecule has 2 aromatic heterocycles. The van der Waals surface area contributed by atoms with Gasteiger partial charge in [-0.1, -0.05) is 18.2 Å². The Kier molecular flexibility index (Phi) is 8.12. The Bertz CT molecular complexity index is 1160. The van der Waals surface area contributed by atoms with Crippen molar-refractivity contribution >= 4 is 33.9 Å². The molecule has 1 aliphatic heterocycles. The number of aryl methyl sites for hydroxylation is 1. The van der Waals surface area contributed by atoms with E-state index in [2.05, 4.69) is 21.9 Å². The first-order valence-electron chi connectivity index (χ1n) is 9.98. The van der Waals surface area contributed by atoms with Crippen molar-refractivity contribution in [1.29, 1.82) is 0 Å². The summed E-state index contributed by atoms with van der Waals surface area (Å²) in [5.74, 6) is -0.973. The number of carbonyl (C=O) groups is 1. The number of hydrogen-bond donors (Lipinski definition) is 1. The van der Waals surface area contributed by atoms with Crippen molar-refractivity contribution in [2.45, 2.75) is 19.5 Å². The van der Waals surface area contributed by atoms with Gasteiger partial charge in [0, 0.05) is 62.3 Å². The van der Waals surface area contributed by atoms with Gasteiger partial charge in [-0.15, -0.1) is 11.3 Å². The van der Waals surface area contributed by atoms with E-state index in [4.69, 9.17) is 5.11 Å². The SMILES string of the molecule is O=C(O)CCn1c(=O)n(CCN2CCN(c3ccccc3)CC2)c(=O)c2cscc21.[H-].[Na+]. The van der Waals surface area contributed by atoms with E-state index in [0.29, 0.717) is 24.0 Å². The van der Waals surface area contributed by atoms with Gasteiger partial charge in [0.15, 0.2) is 0 Å². The minimum absolute atomic E-state index is 0. The van der Waals surface area contributed by atoms with Crippen LogP contribution in [0.2, 0.25) is 0 Å². The Morgan fingerprint density at radius 3 is 2.35 bits per heavy atom. The summed E-state index contributed by atoms with van der Waals surface area (Å²) in [7, 11) is 0. The fourth-order valence-electron chi connectivity index (χ4n) is 3.87. The van der Waals surface area contributed by atoms with Crippen LogP contribution < -0.4 is 45.7 Å². The normalized spacial score (nSPS) is 14.5. The topological polar surface area (TPSA) is 87.8 Å². The molecule has 0 unspecified atom stereocenters. The van der Waals surface area contributed by atoms with Crippen LogP contribution in [0.5, 0.6) is 0 Å². The van der Waals surface area contributed by atoms with Crippen molar-refractivity contribution in [3.63, 3.8) is 0 Å². The third-order valence-electron chi connectivity index (χ3n) is 5.55. The number of nitrogens with zero attached hydrogens (tertiary/aromatic N) is 4. The molecular formula is C21H25N4NaO4S. The Labute approximate surface area is 207 Å². The summed E-state index contributed by atoms with van der Waals surface area (Å²) in [5.41, 5.74) is 0.988. The first-order valence-corrected chi connectivity index (χ1v) is 10.9. The largest absolute Gasteiger partial charge is 1.00 e. The standard InChI is InChI=1S/C21H24N4O4S.Na.H/c26-19(27)6-7-24-18-15-30-14-17(18)20(28)25(21(24)29)13-10-22-8-11-23(12-9-22)16-4-2-1-3-5-16;;/h1-5,14-15H,6-13H2,(H,26,27);;/q;+1;-1. The molecule has 0 radical (unpaired) electrons. The predicted molar refractivity (Wildman–Crippen MR) is 119 cm³/mol. The van der Waals surface area contributed by atoms with E-state index in [1.54, 1.807) is 10.8 Å². The monoisotopic (exact) mass is 452 g/mol. The maximum Gasteiger partial charge on any atom is 1.00 e. The summed E-state index contributed by atoms with van der Waals surface area (Å²) in [6.45, 7) is 4.46. The summed E-state index contributed by atoms with van der Waals surface area (Å²) in [4.78, 5) is 41.3. The predicted octanol–water partition coefficient (Wildman–Crippen LogP) is -1.36. The number of para-hydroxylation sites is 1. The van der Waals surface area contributed by atoms with E-state index in [9.17, 15) is 14.4 Å². The van der Waals surface area contributed by atoms with Gasteiger partial charge in [0.2, 0.25) is 0 Å². The number of benzene rings is 1. The molecule has 0 atom stereocenters. The maximum absolute atomic E-state index is 12.9. The van der Waals surface area contributed by atoms with Crippen molar-refractivity contribution in [3.05, 3.63) is 61.9 Å². The maximum atomic E-state index is 12.9. The fraction of sp³-hybridized carbons (Fsp3) is 0.381. The number of rotatable bonds is 7. The molecule has 1 aliphatic rings. The zero-order chi connectivity index (χ0) is 21.1. The third-order valence-corrected chi connectivity index (χ3v) is 6.28. The summed E-state index contributed by atoms with van der Waals surface area (Å²) in [6.07, 6.45) is -0.162. The van der Waals surface area contributed by atoms with Gasteiger partial charge in [0.05, 0.1) is 17.3 Å². The second-order valence-electron chi connectivity index (χ2n) is 7.37. The second-order valence-corrected chi connectivity index (χ2v) is 8.11. The van der Waals surface area contributed by atoms with Crippen molar-refractivity contribution in [3.8, 4) is 0 Å². The van der Waals surface area contributed by atoms with Crippen LogP contribution >= 0.6 is 11.3 Å². The molecule has 0 spiro atoms. The average Bonchev–Trinajstić information content (AvgIpc) is 3.24. The van der Waals surface area contributed by atoms with Crippen LogP contribution in [-0.4, -0.2) is 57.8 Å². The summed E-state index contributed by atoms with van der Waals surface area (Å²) in [5, 5.41) is 12.9. The molecule has 8 nitrogen and oxygen atoms in total. The minimum atomic E-state index is -0.973. The first kappa shape index (κ1) is 23.7. The molecule has 0 aliphatic carbocycles. The smallest absolute Gasteiger partial charge is 1.00 e. The van der Waals surface area contributed by atoms with Crippen molar-refractivity contribution < 1.29 is 40.9 Å². The minimum Gasteiger partial charge on any atom is -1.00 e. The third kappa shape index (κ3) is 5.30. The Morgan fingerprint density at radius 1 is 0.968 bits per heavy atom. The van der Waals surface area contributed by atoms with Gasteiger partial charge in [-0.2, -0.15) is 0 Å². The molecule has 1 fully saturated rings. The fourth-order valence-corrected chi connectivity index (χ4v) is 4.68. The van der Waals surface area contributed by atoms with Crippen LogP contribution in [-0.2, 0) is 17.9 Å². The van der Waals surface area contributed by atoms with E-state index in [-0.39, 0.29) is 49.5 Å². The number of anilines is 1. The Hall–Kier alpha value is -1.91. The van der Waals surface area contributed by atoms with Crippen molar-refractivity contribution in [1.82, 2.24) is 14.0 Å². The zero-order valence-electron chi connectivity index (χ0n) is 18.6. The molecule has 1 N–H and O–H groups in total. The van der Waals surface area contributed by atoms with Gasteiger partial charge >= 0.3 is 41.2 Å². The molecule has 1 aromatic carbocycles. The van der Waals surface area contributed by atoms with E-state index in [0.717, 1.165) is 26.2 Å². The number of aliphatic carboxylic acids is 1. The van der Waals surface area contributed by atoms with Crippen LogP contribution in [0.1, 0.15) is 7.85 Å². The summed E-state index contributed by atoms with van der Waals surface area (Å²) < 4.78 is 2.66. The van der Waals surface area contributed by atoms with Gasteiger partial charge in [-0.25, -0.2) is 4.79 Å². The van der Waals surface area contributed by atoms with Gasteiger partial charge in [0.1, 0.15) is 0 Å². The van der Waals surface area contributed by atoms with Crippen LogP contribution in [0.4, 0.5) is 5.69 Å². The molecule has 1 saturated heterocycles. The van der Waals surface area contributed by atoms with Crippen LogP contribution in [0.25, 0.3) is 10.9 Å². The van der Waals surface area contributed by atoms with Crippen molar-refractivity contribution in [2.75, 3.05) is 37.6 Å².